The first-order valence-electron chi connectivity index (χ1n) is 8.47. The first-order valence-corrected chi connectivity index (χ1v) is 9.66. The normalized spacial score (nSPS) is 11.0. The fourth-order valence-corrected chi connectivity index (χ4v) is 3.74. The number of carbonyl (C=O) groups excluding carboxylic acids is 1. The highest BCUT2D eigenvalue weighted by atomic mass is 35.5. The summed E-state index contributed by atoms with van der Waals surface area (Å²) in [6.45, 7) is 3.86. The molecule has 0 bridgehead atoms. The molecule has 0 atom stereocenters. The first kappa shape index (κ1) is 18.4. The van der Waals surface area contributed by atoms with Crippen LogP contribution < -0.4 is 10.1 Å². The summed E-state index contributed by atoms with van der Waals surface area (Å²) in [5.41, 5.74) is 2.96. The third-order valence-electron chi connectivity index (χ3n) is 3.89. The molecule has 4 aromatic rings. The molecule has 1 N–H and O–H groups in total. The molecule has 2 aromatic carbocycles. The zero-order valence-corrected chi connectivity index (χ0v) is 16.7. The summed E-state index contributed by atoms with van der Waals surface area (Å²) in [7, 11) is 0. The van der Waals surface area contributed by atoms with Crippen molar-refractivity contribution < 1.29 is 9.53 Å². The summed E-state index contributed by atoms with van der Waals surface area (Å²) < 4.78 is 7.16. The highest BCUT2D eigenvalue weighted by molar-refractivity contribution is 7.20. The molecule has 9 heteroatoms. The Morgan fingerprint density at radius 1 is 1.18 bits per heavy atom. The number of hydrogen-bond acceptors (Lipinski definition) is 6. The Bertz CT molecular complexity index is 1150. The van der Waals surface area contributed by atoms with Crippen LogP contribution in [0.25, 0.3) is 16.3 Å². The minimum atomic E-state index is -0.298. The molecule has 28 heavy (non-hydrogen) atoms. The van der Waals surface area contributed by atoms with Crippen molar-refractivity contribution in [1.29, 1.82) is 0 Å². The molecule has 2 heterocycles. The average Bonchev–Trinajstić information content (AvgIpc) is 3.19. The number of amides is 1. The molecule has 0 fully saturated rings. The Morgan fingerprint density at radius 3 is 2.71 bits per heavy atom. The molecular formula is C19H16ClN5O2S. The molecule has 142 valence electrons. The van der Waals surface area contributed by atoms with E-state index in [0.29, 0.717) is 26.7 Å². The van der Waals surface area contributed by atoms with Gasteiger partial charge in [0.15, 0.2) is 12.4 Å². The lowest BCUT2D eigenvalue weighted by Crippen LogP contribution is -2.20. The number of anilines is 1. The van der Waals surface area contributed by atoms with E-state index in [4.69, 9.17) is 16.3 Å². The van der Waals surface area contributed by atoms with Gasteiger partial charge in [-0.1, -0.05) is 41.1 Å². The van der Waals surface area contributed by atoms with Crippen molar-refractivity contribution in [2.45, 2.75) is 13.8 Å². The number of rotatable bonds is 5. The monoisotopic (exact) mass is 413 g/mol. The van der Waals surface area contributed by atoms with Crippen molar-refractivity contribution in [1.82, 2.24) is 19.8 Å². The van der Waals surface area contributed by atoms with E-state index in [-0.39, 0.29) is 12.5 Å². The molecule has 0 aliphatic carbocycles. The number of nitrogens with one attached hydrogen (secondary N) is 1. The van der Waals surface area contributed by atoms with E-state index in [0.717, 1.165) is 16.7 Å². The van der Waals surface area contributed by atoms with Gasteiger partial charge in [0, 0.05) is 10.6 Å². The van der Waals surface area contributed by atoms with Crippen LogP contribution in [-0.4, -0.2) is 32.3 Å². The fraction of sp³-hybridized carbons (Fsp3) is 0.158. The summed E-state index contributed by atoms with van der Waals surface area (Å²) in [6, 6.07) is 13.1. The van der Waals surface area contributed by atoms with Gasteiger partial charge in [-0.15, -0.1) is 15.3 Å². The number of hydrogen-bond donors (Lipinski definition) is 1. The zero-order valence-electron chi connectivity index (χ0n) is 15.1. The van der Waals surface area contributed by atoms with Gasteiger partial charge in [-0.05, 0) is 49.2 Å². The fourth-order valence-electron chi connectivity index (χ4n) is 2.80. The van der Waals surface area contributed by atoms with Crippen LogP contribution in [0.2, 0.25) is 5.02 Å². The van der Waals surface area contributed by atoms with Gasteiger partial charge >= 0.3 is 0 Å². The average molecular weight is 414 g/mol. The Morgan fingerprint density at radius 2 is 1.96 bits per heavy atom. The van der Waals surface area contributed by atoms with Crippen LogP contribution in [0.3, 0.4) is 0 Å². The minimum absolute atomic E-state index is 0.107. The molecular weight excluding hydrogens is 398 g/mol. The highest BCUT2D eigenvalue weighted by Gasteiger charge is 2.15. The molecule has 7 nitrogen and oxygen atoms in total. The van der Waals surface area contributed by atoms with Crippen molar-refractivity contribution in [3.05, 3.63) is 58.6 Å². The summed E-state index contributed by atoms with van der Waals surface area (Å²) in [5.74, 6) is 0.920. The van der Waals surface area contributed by atoms with Crippen molar-refractivity contribution in [3.8, 4) is 17.1 Å². The summed E-state index contributed by atoms with van der Waals surface area (Å²) in [5, 5.41) is 16.4. The van der Waals surface area contributed by atoms with Gasteiger partial charge in [0.25, 0.3) is 5.91 Å². The number of aryl methyl sites for hydroxylation is 2. The van der Waals surface area contributed by atoms with Crippen molar-refractivity contribution in [2.75, 3.05) is 11.9 Å². The van der Waals surface area contributed by atoms with Crippen molar-refractivity contribution in [3.63, 3.8) is 0 Å². The van der Waals surface area contributed by atoms with Crippen LogP contribution in [0.5, 0.6) is 5.75 Å². The standard InChI is InChI=1S/C19H16ClN5O2S/c1-11-6-12(2)8-15(7-11)27-10-16(26)21-18-24-25-17(22-23-19(25)28-18)13-4-3-5-14(20)9-13/h3-9H,10H2,1-2H3,(H,21,24,26). The van der Waals surface area contributed by atoms with Gasteiger partial charge in [-0.3, -0.25) is 10.1 Å². The second-order valence-corrected chi connectivity index (χ2v) is 7.69. The Kier molecular flexibility index (Phi) is 4.97. The predicted molar refractivity (Wildman–Crippen MR) is 109 cm³/mol. The summed E-state index contributed by atoms with van der Waals surface area (Å²) in [4.78, 5) is 12.8. The van der Waals surface area contributed by atoms with Crippen LogP contribution in [0, 0.1) is 13.8 Å². The predicted octanol–water partition coefficient (Wildman–Crippen LogP) is 4.14. The topological polar surface area (TPSA) is 81.4 Å². The Hall–Kier alpha value is -2.97. The number of nitrogens with zero attached hydrogens (tertiary/aromatic N) is 4. The molecule has 1 amide bonds. The van der Waals surface area contributed by atoms with Gasteiger partial charge < -0.3 is 4.74 Å². The van der Waals surface area contributed by atoms with Crippen LogP contribution in [0.1, 0.15) is 11.1 Å². The second kappa shape index (κ2) is 7.57. The molecule has 2 aromatic heterocycles. The maximum Gasteiger partial charge on any atom is 0.264 e. The van der Waals surface area contributed by atoms with E-state index in [2.05, 4.69) is 20.6 Å². The Balaban J connectivity index is 1.47. The molecule has 0 saturated carbocycles. The minimum Gasteiger partial charge on any atom is -0.484 e. The van der Waals surface area contributed by atoms with Gasteiger partial charge in [-0.25, -0.2) is 0 Å². The van der Waals surface area contributed by atoms with Crippen LogP contribution in [-0.2, 0) is 4.79 Å². The van der Waals surface area contributed by atoms with E-state index in [1.165, 1.54) is 11.3 Å². The molecule has 0 aliphatic rings. The smallest absolute Gasteiger partial charge is 0.264 e. The van der Waals surface area contributed by atoms with Crippen LogP contribution in [0.15, 0.2) is 42.5 Å². The van der Waals surface area contributed by atoms with E-state index < -0.39 is 0 Å². The largest absolute Gasteiger partial charge is 0.484 e. The van der Waals surface area contributed by atoms with E-state index in [1.54, 1.807) is 16.6 Å². The zero-order chi connectivity index (χ0) is 19.7. The third-order valence-corrected chi connectivity index (χ3v) is 4.93. The molecule has 0 aliphatic heterocycles. The second-order valence-electron chi connectivity index (χ2n) is 6.30. The van der Waals surface area contributed by atoms with Crippen LogP contribution in [0.4, 0.5) is 5.13 Å². The highest BCUT2D eigenvalue weighted by Crippen LogP contribution is 2.25. The summed E-state index contributed by atoms with van der Waals surface area (Å²) in [6.07, 6.45) is 0. The lowest BCUT2D eigenvalue weighted by atomic mass is 10.1. The molecule has 4 rings (SSSR count). The SMILES string of the molecule is Cc1cc(C)cc(OCC(=O)Nc2nn3c(-c4cccc(Cl)c4)nnc3s2)c1. The lowest BCUT2D eigenvalue weighted by molar-refractivity contribution is -0.118. The lowest BCUT2D eigenvalue weighted by Gasteiger charge is -2.07. The molecule has 0 saturated heterocycles. The van der Waals surface area contributed by atoms with Crippen molar-refractivity contribution in [2.24, 2.45) is 0 Å². The summed E-state index contributed by atoms with van der Waals surface area (Å²) >= 11 is 7.28. The Labute approximate surface area is 169 Å². The van der Waals surface area contributed by atoms with Crippen molar-refractivity contribution >= 4 is 38.9 Å². The quantitative estimate of drug-likeness (QED) is 0.531. The van der Waals surface area contributed by atoms with Gasteiger partial charge in [0.05, 0.1) is 0 Å². The van der Waals surface area contributed by atoms with Crippen LogP contribution >= 0.6 is 22.9 Å². The molecule has 0 unspecified atom stereocenters. The number of carbonyl (C=O) groups is 1. The maximum atomic E-state index is 12.2. The number of fused-ring (bicyclic) bond motifs is 1. The third kappa shape index (κ3) is 3.97. The van der Waals surface area contributed by atoms with E-state index >= 15 is 0 Å². The van der Waals surface area contributed by atoms with Gasteiger partial charge in [-0.2, -0.15) is 4.52 Å². The molecule has 0 radical (unpaired) electrons. The number of ether oxygens (including phenoxy) is 1. The number of aromatic nitrogens is 4. The van der Waals surface area contributed by atoms with Gasteiger partial charge in [0.2, 0.25) is 10.1 Å². The molecule has 0 spiro atoms. The van der Waals surface area contributed by atoms with E-state index in [1.807, 2.05) is 44.2 Å². The number of halogens is 1. The number of benzene rings is 2. The van der Waals surface area contributed by atoms with E-state index in [9.17, 15) is 4.79 Å². The first-order chi connectivity index (χ1) is 13.5. The maximum absolute atomic E-state index is 12.2. The van der Waals surface area contributed by atoms with Gasteiger partial charge in [0.1, 0.15) is 5.75 Å².